The molecule has 0 spiro atoms. The number of rotatable bonds is 7. The first-order chi connectivity index (χ1) is 9.49. The monoisotopic (exact) mass is 317 g/mol. The summed E-state index contributed by atoms with van der Waals surface area (Å²) in [7, 11) is 0. The molecule has 0 aromatic carbocycles. The molecule has 1 unspecified atom stereocenters. The van der Waals surface area contributed by atoms with Gasteiger partial charge in [0.1, 0.15) is 6.04 Å². The normalized spacial score (nSPS) is 11.9. The van der Waals surface area contributed by atoms with Crippen molar-refractivity contribution in [2.75, 3.05) is 6.26 Å². The first-order valence-corrected chi connectivity index (χ1v) is 7.70. The number of hydrogen-bond acceptors (Lipinski definition) is 5. The lowest BCUT2D eigenvalue weighted by molar-refractivity contribution is -0.139. The van der Waals surface area contributed by atoms with Gasteiger partial charge in [0.15, 0.2) is 10.9 Å². The third-order valence-electron chi connectivity index (χ3n) is 2.57. The largest absolute Gasteiger partial charge is 0.480 e. The van der Waals surface area contributed by atoms with Gasteiger partial charge >= 0.3 is 5.97 Å². The van der Waals surface area contributed by atoms with Crippen molar-refractivity contribution in [1.82, 2.24) is 15.3 Å². The number of amides is 1. The molecular formula is C12H16ClN3O3S. The van der Waals surface area contributed by atoms with Crippen molar-refractivity contribution in [3.05, 3.63) is 16.9 Å². The number of carbonyl (C=O) groups excluding carboxylic acids is 1. The summed E-state index contributed by atoms with van der Waals surface area (Å²) in [4.78, 5) is 31.1. The van der Waals surface area contributed by atoms with E-state index in [4.69, 9.17) is 16.7 Å². The maximum Gasteiger partial charge on any atom is 0.326 e. The van der Waals surface area contributed by atoms with Crippen molar-refractivity contribution in [3.63, 3.8) is 0 Å². The van der Waals surface area contributed by atoms with E-state index in [-0.39, 0.29) is 10.7 Å². The van der Waals surface area contributed by atoms with Gasteiger partial charge in [-0.3, -0.25) is 4.79 Å². The highest BCUT2D eigenvalue weighted by Crippen LogP contribution is 2.16. The number of thioether (sulfide) groups is 1. The van der Waals surface area contributed by atoms with Crippen molar-refractivity contribution in [2.24, 2.45) is 0 Å². The van der Waals surface area contributed by atoms with Crippen molar-refractivity contribution >= 4 is 35.2 Å². The Labute approximate surface area is 126 Å². The van der Waals surface area contributed by atoms with Crippen LogP contribution in [0, 0.1) is 0 Å². The van der Waals surface area contributed by atoms with Crippen molar-refractivity contribution < 1.29 is 14.7 Å². The molecule has 2 N–H and O–H groups in total. The number of nitrogens with zero attached hydrogens (tertiary/aromatic N) is 2. The van der Waals surface area contributed by atoms with Crippen LogP contribution in [-0.4, -0.2) is 39.2 Å². The van der Waals surface area contributed by atoms with Gasteiger partial charge in [0.25, 0.3) is 5.91 Å². The number of hydrogen-bond donors (Lipinski definition) is 2. The number of nitrogens with one attached hydrogen (secondary N) is 1. The number of carboxylic acid groups (broad SMARTS) is 1. The molecule has 8 heteroatoms. The molecule has 0 radical (unpaired) electrons. The second-order valence-electron chi connectivity index (χ2n) is 4.06. The molecule has 0 saturated heterocycles. The molecule has 20 heavy (non-hydrogen) atoms. The summed E-state index contributed by atoms with van der Waals surface area (Å²) in [6.45, 7) is 1.95. The molecule has 6 nitrogen and oxygen atoms in total. The van der Waals surface area contributed by atoms with E-state index in [1.165, 1.54) is 18.0 Å². The maximum absolute atomic E-state index is 12.1. The standard InChI is InChI=1S/C12H16ClN3O3S/c1-3-4-5-8(11(18)19)15-10(17)9-7(13)6-14-12(16-9)20-2/h6,8H,3-5H2,1-2H3,(H,15,17)(H,18,19). The lowest BCUT2D eigenvalue weighted by Crippen LogP contribution is -2.41. The van der Waals surface area contributed by atoms with Crippen LogP contribution in [0.25, 0.3) is 0 Å². The highest BCUT2D eigenvalue weighted by atomic mass is 35.5. The summed E-state index contributed by atoms with van der Waals surface area (Å²) in [5.41, 5.74) is -0.00577. The van der Waals surface area contributed by atoms with E-state index in [1.54, 1.807) is 6.26 Å². The predicted octanol–water partition coefficient (Wildman–Crippen LogP) is 2.23. The van der Waals surface area contributed by atoms with Gasteiger partial charge in [-0.25, -0.2) is 14.8 Å². The van der Waals surface area contributed by atoms with Crippen LogP contribution in [0.1, 0.15) is 36.7 Å². The fraction of sp³-hybridized carbons (Fsp3) is 0.500. The zero-order valence-electron chi connectivity index (χ0n) is 11.2. The van der Waals surface area contributed by atoms with Crippen LogP contribution in [0.3, 0.4) is 0 Å². The van der Waals surface area contributed by atoms with Crippen LogP contribution >= 0.6 is 23.4 Å². The summed E-state index contributed by atoms with van der Waals surface area (Å²) >= 11 is 7.14. The Morgan fingerprint density at radius 1 is 1.55 bits per heavy atom. The first-order valence-electron chi connectivity index (χ1n) is 6.09. The second-order valence-corrected chi connectivity index (χ2v) is 5.24. The third kappa shape index (κ3) is 4.64. The van der Waals surface area contributed by atoms with Crippen LogP contribution in [0.4, 0.5) is 0 Å². The summed E-state index contributed by atoms with van der Waals surface area (Å²) in [5.74, 6) is -1.67. The van der Waals surface area contributed by atoms with Gasteiger partial charge in [-0.1, -0.05) is 43.1 Å². The quantitative estimate of drug-likeness (QED) is 0.592. The van der Waals surface area contributed by atoms with Crippen LogP contribution in [0.2, 0.25) is 5.02 Å². The Hall–Kier alpha value is -1.34. The molecule has 0 saturated carbocycles. The average molecular weight is 318 g/mol. The van der Waals surface area contributed by atoms with Gasteiger partial charge < -0.3 is 10.4 Å². The van der Waals surface area contributed by atoms with Crippen LogP contribution in [-0.2, 0) is 4.79 Å². The molecular weight excluding hydrogens is 302 g/mol. The number of aliphatic carboxylic acids is 1. The fourth-order valence-electron chi connectivity index (χ4n) is 1.50. The SMILES string of the molecule is CCCCC(NC(=O)c1nc(SC)ncc1Cl)C(=O)O. The van der Waals surface area contributed by atoms with E-state index in [2.05, 4.69) is 15.3 Å². The predicted molar refractivity (Wildman–Crippen MR) is 77.2 cm³/mol. The minimum Gasteiger partial charge on any atom is -0.480 e. The van der Waals surface area contributed by atoms with Crippen molar-refractivity contribution in [1.29, 1.82) is 0 Å². The van der Waals surface area contributed by atoms with Gasteiger partial charge in [0.05, 0.1) is 11.2 Å². The molecule has 0 aliphatic rings. The number of aromatic nitrogens is 2. The molecule has 1 aromatic heterocycles. The zero-order valence-corrected chi connectivity index (χ0v) is 12.8. The summed E-state index contributed by atoms with van der Waals surface area (Å²) in [6.07, 6.45) is 5.04. The molecule has 0 fully saturated rings. The average Bonchev–Trinajstić information content (AvgIpc) is 2.43. The summed E-state index contributed by atoms with van der Waals surface area (Å²) < 4.78 is 0. The van der Waals surface area contributed by atoms with Crippen LogP contribution in [0.5, 0.6) is 0 Å². The van der Waals surface area contributed by atoms with E-state index in [9.17, 15) is 9.59 Å². The van der Waals surface area contributed by atoms with E-state index >= 15 is 0 Å². The first kappa shape index (κ1) is 16.7. The van der Waals surface area contributed by atoms with Gasteiger partial charge in [0, 0.05) is 0 Å². The van der Waals surface area contributed by atoms with Gasteiger partial charge in [0.2, 0.25) is 0 Å². The number of unbranched alkanes of at least 4 members (excludes halogenated alkanes) is 1. The number of carboxylic acids is 1. The van der Waals surface area contributed by atoms with E-state index in [1.807, 2.05) is 6.92 Å². The Bertz CT molecular complexity index is 499. The van der Waals surface area contributed by atoms with Gasteiger partial charge in [-0.05, 0) is 12.7 Å². The topological polar surface area (TPSA) is 92.2 Å². The summed E-state index contributed by atoms with van der Waals surface area (Å²) in [5, 5.41) is 12.0. The minimum absolute atomic E-state index is 0.00577. The van der Waals surface area contributed by atoms with Crippen molar-refractivity contribution in [3.8, 4) is 0 Å². The second kappa shape index (κ2) is 8.06. The zero-order chi connectivity index (χ0) is 15.1. The lowest BCUT2D eigenvalue weighted by atomic mass is 10.1. The highest BCUT2D eigenvalue weighted by molar-refractivity contribution is 7.98. The van der Waals surface area contributed by atoms with E-state index < -0.39 is 17.9 Å². The van der Waals surface area contributed by atoms with Crippen LogP contribution < -0.4 is 5.32 Å². The van der Waals surface area contributed by atoms with Gasteiger partial charge in [-0.15, -0.1) is 0 Å². The lowest BCUT2D eigenvalue weighted by Gasteiger charge is -2.14. The Kier molecular flexibility index (Phi) is 6.74. The molecule has 1 amide bonds. The molecule has 0 bridgehead atoms. The smallest absolute Gasteiger partial charge is 0.326 e. The molecule has 1 rings (SSSR count). The maximum atomic E-state index is 12.1. The van der Waals surface area contributed by atoms with Crippen LogP contribution in [0.15, 0.2) is 11.4 Å². The molecule has 0 aliphatic carbocycles. The highest BCUT2D eigenvalue weighted by Gasteiger charge is 2.22. The van der Waals surface area contributed by atoms with E-state index in [0.717, 1.165) is 6.42 Å². The number of carbonyl (C=O) groups is 2. The number of halogens is 1. The third-order valence-corrected chi connectivity index (χ3v) is 3.41. The Morgan fingerprint density at radius 2 is 2.25 bits per heavy atom. The Balaban J connectivity index is 2.85. The minimum atomic E-state index is -1.07. The van der Waals surface area contributed by atoms with Gasteiger partial charge in [-0.2, -0.15) is 0 Å². The van der Waals surface area contributed by atoms with Crippen molar-refractivity contribution in [2.45, 2.75) is 37.4 Å². The molecule has 110 valence electrons. The summed E-state index contributed by atoms with van der Waals surface area (Å²) in [6, 6.07) is -0.939. The molecule has 1 atom stereocenters. The molecule has 0 aliphatic heterocycles. The molecule has 1 heterocycles. The Morgan fingerprint density at radius 3 is 2.80 bits per heavy atom. The van der Waals surface area contributed by atoms with E-state index in [0.29, 0.717) is 18.0 Å². The fourth-order valence-corrected chi connectivity index (χ4v) is 2.02. The molecule has 1 aromatic rings.